The second kappa shape index (κ2) is 8.65. The van der Waals surface area contributed by atoms with Crippen LogP contribution in [0, 0.1) is 0 Å². The van der Waals surface area contributed by atoms with Gasteiger partial charge in [0.05, 0.1) is 10.6 Å². The highest BCUT2D eigenvalue weighted by molar-refractivity contribution is 8.04. The van der Waals surface area contributed by atoms with Gasteiger partial charge < -0.3 is 5.73 Å². The van der Waals surface area contributed by atoms with Crippen LogP contribution in [0.15, 0.2) is 29.2 Å². The van der Waals surface area contributed by atoms with Crippen LogP contribution in [-0.2, 0) is 20.0 Å². The average Bonchev–Trinajstić information content (AvgIpc) is 2.50. The molecular weight excluding hydrogens is 336 g/mol. The smallest absolute Gasteiger partial charge is 0.255 e. The van der Waals surface area contributed by atoms with Gasteiger partial charge in [0.2, 0.25) is 10.0 Å². The van der Waals surface area contributed by atoms with Crippen molar-refractivity contribution in [1.82, 2.24) is 3.71 Å². The lowest BCUT2D eigenvalue weighted by Crippen LogP contribution is -2.35. The van der Waals surface area contributed by atoms with Gasteiger partial charge in [-0.15, -0.1) is 0 Å². The second-order valence-corrected chi connectivity index (χ2v) is 9.86. The number of hydrogen-bond donors (Lipinski definition) is 1. The molecule has 1 aromatic carbocycles. The maximum atomic E-state index is 12.4. The number of sulfonamides is 2. The molecule has 8 heteroatoms. The van der Waals surface area contributed by atoms with Gasteiger partial charge in [-0.25, -0.2) is 16.8 Å². The van der Waals surface area contributed by atoms with E-state index in [0.717, 1.165) is 39.2 Å². The van der Waals surface area contributed by atoms with Crippen molar-refractivity contribution in [3.05, 3.63) is 24.3 Å². The predicted octanol–water partition coefficient (Wildman–Crippen LogP) is 2.58. The number of nitrogens with two attached hydrogens (primary N) is 1. The molecule has 1 rings (SSSR count). The zero-order valence-electron chi connectivity index (χ0n) is 13.7. The van der Waals surface area contributed by atoms with Gasteiger partial charge in [-0.3, -0.25) is 0 Å². The van der Waals surface area contributed by atoms with Crippen molar-refractivity contribution in [3.63, 3.8) is 0 Å². The van der Waals surface area contributed by atoms with E-state index >= 15 is 0 Å². The number of nitrogen functional groups attached to an aromatic ring is 1. The standard InChI is InChI=1S/C15H26N2O4S2/c1-3-4-5-6-7-8-13-22(18,19)17(2)23(20,21)15-11-9-14(16)10-12-15/h9-12H,3-8,13,16H2,1-2H3. The monoisotopic (exact) mass is 362 g/mol. The molecule has 0 bridgehead atoms. The Kier molecular flexibility index (Phi) is 7.50. The summed E-state index contributed by atoms with van der Waals surface area (Å²) < 4.78 is 49.7. The molecule has 0 aliphatic heterocycles. The topological polar surface area (TPSA) is 97.5 Å². The molecule has 132 valence electrons. The van der Waals surface area contributed by atoms with Gasteiger partial charge in [-0.1, -0.05) is 42.7 Å². The Morgan fingerprint density at radius 3 is 2.00 bits per heavy atom. The van der Waals surface area contributed by atoms with Gasteiger partial charge in [0.1, 0.15) is 0 Å². The van der Waals surface area contributed by atoms with Gasteiger partial charge in [-0.2, -0.15) is 0 Å². The van der Waals surface area contributed by atoms with Crippen LogP contribution in [0.1, 0.15) is 45.4 Å². The van der Waals surface area contributed by atoms with Crippen LogP contribution in [0.5, 0.6) is 0 Å². The van der Waals surface area contributed by atoms with E-state index in [0.29, 0.717) is 15.8 Å². The van der Waals surface area contributed by atoms with Crippen molar-refractivity contribution in [2.24, 2.45) is 0 Å². The molecule has 23 heavy (non-hydrogen) atoms. The Morgan fingerprint density at radius 1 is 0.913 bits per heavy atom. The Labute approximate surface area is 139 Å². The molecule has 0 spiro atoms. The van der Waals surface area contributed by atoms with Crippen LogP contribution < -0.4 is 5.73 Å². The third-order valence-electron chi connectivity index (χ3n) is 3.66. The van der Waals surface area contributed by atoms with Crippen molar-refractivity contribution in [2.75, 3.05) is 18.5 Å². The zero-order chi connectivity index (χ0) is 17.5. The minimum atomic E-state index is -4.07. The van der Waals surface area contributed by atoms with E-state index in [1.807, 2.05) is 0 Å². The lowest BCUT2D eigenvalue weighted by atomic mass is 10.1. The zero-order valence-corrected chi connectivity index (χ0v) is 15.4. The Hall–Kier alpha value is -1.12. The van der Waals surface area contributed by atoms with Crippen molar-refractivity contribution in [3.8, 4) is 0 Å². The molecule has 0 saturated heterocycles. The quantitative estimate of drug-likeness (QED) is 0.509. The van der Waals surface area contributed by atoms with E-state index in [1.54, 1.807) is 0 Å². The number of anilines is 1. The third-order valence-corrected chi connectivity index (χ3v) is 8.07. The van der Waals surface area contributed by atoms with Gasteiger partial charge in [-0.05, 0) is 30.7 Å². The molecule has 0 fully saturated rings. The van der Waals surface area contributed by atoms with E-state index in [-0.39, 0.29) is 10.6 Å². The maximum absolute atomic E-state index is 12.4. The minimum Gasteiger partial charge on any atom is -0.399 e. The van der Waals surface area contributed by atoms with Crippen molar-refractivity contribution >= 4 is 25.7 Å². The lowest BCUT2D eigenvalue weighted by Gasteiger charge is -2.17. The molecule has 0 aliphatic carbocycles. The van der Waals surface area contributed by atoms with E-state index in [4.69, 9.17) is 5.73 Å². The van der Waals surface area contributed by atoms with Crippen LogP contribution in [0.25, 0.3) is 0 Å². The number of unbranched alkanes of at least 4 members (excludes halogenated alkanes) is 5. The molecule has 0 unspecified atom stereocenters. The first-order valence-electron chi connectivity index (χ1n) is 7.79. The molecular formula is C15H26N2O4S2. The summed E-state index contributed by atoms with van der Waals surface area (Å²) in [5, 5.41) is 0. The van der Waals surface area contributed by atoms with Crippen LogP contribution in [0.2, 0.25) is 0 Å². The first kappa shape index (κ1) is 19.9. The summed E-state index contributed by atoms with van der Waals surface area (Å²) in [5.41, 5.74) is 5.94. The first-order chi connectivity index (χ1) is 10.7. The fourth-order valence-electron chi connectivity index (χ4n) is 2.13. The highest BCUT2D eigenvalue weighted by Crippen LogP contribution is 2.19. The van der Waals surface area contributed by atoms with Crippen molar-refractivity contribution < 1.29 is 16.8 Å². The highest BCUT2D eigenvalue weighted by atomic mass is 32.3. The molecule has 0 atom stereocenters. The summed E-state index contributed by atoms with van der Waals surface area (Å²) in [4.78, 5) is -0.0827. The molecule has 0 radical (unpaired) electrons. The van der Waals surface area contributed by atoms with Gasteiger partial charge in [0, 0.05) is 12.7 Å². The van der Waals surface area contributed by atoms with Gasteiger partial charge >= 0.3 is 0 Å². The molecule has 0 aliphatic rings. The molecule has 0 amide bonds. The van der Waals surface area contributed by atoms with E-state index in [1.165, 1.54) is 24.3 Å². The summed E-state index contributed by atoms with van der Waals surface area (Å²) in [6, 6.07) is 5.48. The largest absolute Gasteiger partial charge is 0.399 e. The van der Waals surface area contributed by atoms with E-state index in [9.17, 15) is 16.8 Å². The third kappa shape index (κ3) is 5.78. The van der Waals surface area contributed by atoms with Crippen LogP contribution in [0.4, 0.5) is 5.69 Å². The Morgan fingerprint density at radius 2 is 1.43 bits per heavy atom. The fourth-order valence-corrected chi connectivity index (χ4v) is 5.41. The van der Waals surface area contributed by atoms with Gasteiger partial charge in [0.25, 0.3) is 10.0 Å². The SMILES string of the molecule is CCCCCCCCS(=O)(=O)N(C)S(=O)(=O)c1ccc(N)cc1. The summed E-state index contributed by atoms with van der Waals surface area (Å²) in [7, 11) is -6.85. The number of rotatable bonds is 10. The lowest BCUT2D eigenvalue weighted by molar-refractivity contribution is 0.522. The molecule has 0 saturated carbocycles. The maximum Gasteiger partial charge on any atom is 0.255 e. The number of hydrogen-bond acceptors (Lipinski definition) is 5. The summed E-state index contributed by atoms with van der Waals surface area (Å²) >= 11 is 0. The first-order valence-corrected chi connectivity index (χ1v) is 10.8. The fraction of sp³-hybridized carbons (Fsp3) is 0.600. The average molecular weight is 363 g/mol. The molecule has 6 nitrogen and oxygen atoms in total. The minimum absolute atomic E-state index is 0.0827. The molecule has 0 heterocycles. The summed E-state index contributed by atoms with van der Waals surface area (Å²) in [6.45, 7) is 2.11. The summed E-state index contributed by atoms with van der Waals surface area (Å²) in [5.74, 6) is -0.163. The number of benzene rings is 1. The van der Waals surface area contributed by atoms with Crippen molar-refractivity contribution in [2.45, 2.75) is 50.3 Å². The Balaban J connectivity index is 2.70. The van der Waals surface area contributed by atoms with Crippen LogP contribution in [0.3, 0.4) is 0 Å². The molecule has 2 N–H and O–H groups in total. The highest BCUT2D eigenvalue weighted by Gasteiger charge is 2.30. The van der Waals surface area contributed by atoms with Crippen molar-refractivity contribution in [1.29, 1.82) is 0 Å². The predicted molar refractivity (Wildman–Crippen MR) is 93.0 cm³/mol. The van der Waals surface area contributed by atoms with Crippen LogP contribution in [-0.4, -0.2) is 33.3 Å². The van der Waals surface area contributed by atoms with Crippen LogP contribution >= 0.6 is 0 Å². The summed E-state index contributed by atoms with van der Waals surface area (Å²) in [6.07, 6.45) is 5.57. The second-order valence-electron chi connectivity index (χ2n) is 5.54. The normalized spacial score (nSPS) is 12.7. The number of nitrogens with zero attached hydrogens (tertiary/aromatic N) is 1. The van der Waals surface area contributed by atoms with E-state index in [2.05, 4.69) is 6.92 Å². The van der Waals surface area contributed by atoms with Gasteiger partial charge in [0.15, 0.2) is 0 Å². The Bertz CT molecular complexity index is 683. The molecule has 1 aromatic rings. The van der Waals surface area contributed by atoms with E-state index < -0.39 is 20.0 Å². The molecule has 0 aromatic heterocycles.